The van der Waals surface area contributed by atoms with Gasteiger partial charge in [-0.2, -0.15) is 0 Å². The minimum atomic E-state index is -0.473. The molecule has 8 heteroatoms. The molecule has 0 saturated carbocycles. The summed E-state index contributed by atoms with van der Waals surface area (Å²) < 4.78 is 8.41. The maximum Gasteiger partial charge on any atom is 0.419 e. The molecule has 0 aliphatic rings. The van der Waals surface area contributed by atoms with Gasteiger partial charge < -0.3 is 14.3 Å². The predicted octanol–water partition coefficient (Wildman–Crippen LogP) is 2.20. The molecule has 0 saturated heterocycles. The average Bonchev–Trinajstić information content (AvgIpc) is 3.28. The second-order valence-electron chi connectivity index (χ2n) is 5.65. The molecule has 0 bridgehead atoms. The van der Waals surface area contributed by atoms with Gasteiger partial charge in [-0.15, -0.1) is 0 Å². The molecule has 1 N–H and O–H groups in total. The van der Waals surface area contributed by atoms with E-state index in [2.05, 4.69) is 15.3 Å². The topological polar surface area (TPSA) is 95.0 Å². The molecule has 0 unspecified atom stereocenters. The Morgan fingerprint density at radius 2 is 2.04 bits per heavy atom. The zero-order valence-electron chi connectivity index (χ0n) is 13.7. The van der Waals surface area contributed by atoms with E-state index >= 15 is 0 Å². The summed E-state index contributed by atoms with van der Waals surface area (Å²) in [5.41, 5.74) is 2.51. The first-order valence-corrected chi connectivity index (χ1v) is 8.03. The van der Waals surface area contributed by atoms with Crippen LogP contribution in [-0.2, 0) is 11.3 Å². The second kappa shape index (κ2) is 6.67. The number of benzene rings is 1. The average molecular weight is 349 g/mol. The van der Waals surface area contributed by atoms with E-state index < -0.39 is 5.76 Å². The molecule has 4 aromatic rings. The second-order valence-corrected chi connectivity index (χ2v) is 5.65. The minimum absolute atomic E-state index is 0.127. The smallest absolute Gasteiger partial charge is 0.408 e. The summed E-state index contributed by atoms with van der Waals surface area (Å²) in [6.45, 7) is 0.225. The normalized spacial score (nSPS) is 10.9. The van der Waals surface area contributed by atoms with Gasteiger partial charge in [0.1, 0.15) is 0 Å². The Balaban J connectivity index is 1.50. The van der Waals surface area contributed by atoms with Crippen LogP contribution < -0.4 is 11.1 Å². The number of hydrogen-bond donors (Lipinski definition) is 1. The third kappa shape index (κ3) is 3.00. The van der Waals surface area contributed by atoms with E-state index in [1.807, 2.05) is 6.07 Å². The lowest BCUT2D eigenvalue weighted by Crippen LogP contribution is -2.20. The number of fused-ring (bicyclic) bond motifs is 1. The van der Waals surface area contributed by atoms with E-state index in [0.717, 1.165) is 5.69 Å². The fraction of sp³-hybridized carbons (Fsp3) is 0.111. The number of oxazole rings is 1. The number of nitrogens with one attached hydrogen (secondary N) is 1. The molecule has 3 heterocycles. The SMILES string of the molecule is O=C(CCn1c(=O)oc2ccccc21)Nc1cnccc1-n1ccnc1. The van der Waals surface area contributed by atoms with Crippen LogP contribution in [-0.4, -0.2) is 25.0 Å². The fourth-order valence-electron chi connectivity index (χ4n) is 2.76. The van der Waals surface area contributed by atoms with Crippen LogP contribution in [0.3, 0.4) is 0 Å². The van der Waals surface area contributed by atoms with Crippen molar-refractivity contribution in [2.24, 2.45) is 0 Å². The van der Waals surface area contributed by atoms with Crippen LogP contribution in [0.2, 0.25) is 0 Å². The van der Waals surface area contributed by atoms with Gasteiger partial charge in [0.2, 0.25) is 5.91 Å². The Morgan fingerprint density at radius 1 is 1.15 bits per heavy atom. The number of rotatable bonds is 5. The number of aromatic nitrogens is 4. The summed E-state index contributed by atoms with van der Waals surface area (Å²) in [7, 11) is 0. The quantitative estimate of drug-likeness (QED) is 0.596. The predicted molar refractivity (Wildman–Crippen MR) is 95.1 cm³/mol. The first kappa shape index (κ1) is 15.8. The van der Waals surface area contributed by atoms with Gasteiger partial charge in [-0.1, -0.05) is 12.1 Å². The lowest BCUT2D eigenvalue weighted by Gasteiger charge is -2.11. The third-order valence-corrected chi connectivity index (χ3v) is 3.99. The maximum atomic E-state index is 12.4. The van der Waals surface area contributed by atoms with Crippen LogP contribution in [0.25, 0.3) is 16.8 Å². The van der Waals surface area contributed by atoms with E-state index in [9.17, 15) is 9.59 Å². The van der Waals surface area contributed by atoms with Crippen LogP contribution in [0, 0.1) is 0 Å². The molecule has 1 aromatic carbocycles. The summed E-state index contributed by atoms with van der Waals surface area (Å²) >= 11 is 0. The van der Waals surface area contributed by atoms with Gasteiger partial charge >= 0.3 is 5.76 Å². The van der Waals surface area contributed by atoms with Crippen molar-refractivity contribution in [2.75, 3.05) is 5.32 Å². The molecule has 130 valence electrons. The van der Waals surface area contributed by atoms with Crippen molar-refractivity contribution in [3.05, 3.63) is 72.0 Å². The largest absolute Gasteiger partial charge is 0.419 e. The van der Waals surface area contributed by atoms with Gasteiger partial charge in [0, 0.05) is 31.6 Å². The van der Waals surface area contributed by atoms with Gasteiger partial charge in [-0.3, -0.25) is 14.3 Å². The van der Waals surface area contributed by atoms with Crippen molar-refractivity contribution >= 4 is 22.7 Å². The van der Waals surface area contributed by atoms with Crippen molar-refractivity contribution < 1.29 is 9.21 Å². The van der Waals surface area contributed by atoms with E-state index in [0.29, 0.717) is 16.8 Å². The van der Waals surface area contributed by atoms with Crippen LogP contribution in [0.4, 0.5) is 5.69 Å². The molecule has 3 aromatic heterocycles. The Hall–Kier alpha value is -3.68. The number of aryl methyl sites for hydroxylation is 1. The van der Waals surface area contributed by atoms with Crippen molar-refractivity contribution in [1.29, 1.82) is 0 Å². The molecule has 4 rings (SSSR count). The molecule has 8 nitrogen and oxygen atoms in total. The van der Waals surface area contributed by atoms with Gasteiger partial charge in [0.25, 0.3) is 0 Å². The summed E-state index contributed by atoms with van der Waals surface area (Å²) in [5.74, 6) is -0.698. The lowest BCUT2D eigenvalue weighted by molar-refractivity contribution is -0.116. The number of hydrogen-bond acceptors (Lipinski definition) is 5. The zero-order chi connectivity index (χ0) is 17.9. The van der Waals surface area contributed by atoms with Crippen LogP contribution in [0.1, 0.15) is 6.42 Å². The zero-order valence-corrected chi connectivity index (χ0v) is 13.7. The van der Waals surface area contributed by atoms with E-state index in [1.54, 1.807) is 59.9 Å². The fourth-order valence-corrected chi connectivity index (χ4v) is 2.76. The number of imidazole rings is 1. The van der Waals surface area contributed by atoms with E-state index in [1.165, 1.54) is 4.57 Å². The summed E-state index contributed by atoms with van der Waals surface area (Å²) in [6, 6.07) is 8.91. The van der Waals surface area contributed by atoms with Crippen LogP contribution >= 0.6 is 0 Å². The first-order valence-electron chi connectivity index (χ1n) is 8.03. The summed E-state index contributed by atoms with van der Waals surface area (Å²) in [5, 5.41) is 2.83. The molecule has 0 fully saturated rings. The van der Waals surface area contributed by atoms with Crippen LogP contribution in [0.15, 0.2) is 70.7 Å². The maximum absolute atomic E-state index is 12.4. The Morgan fingerprint density at radius 3 is 2.88 bits per heavy atom. The number of anilines is 1. The Kier molecular flexibility index (Phi) is 4.06. The van der Waals surface area contributed by atoms with Gasteiger partial charge in [-0.05, 0) is 18.2 Å². The Labute approximate surface area is 147 Å². The standard InChI is InChI=1S/C18H15N5O3/c24-17(6-9-23-15-3-1-2-4-16(15)26-18(23)25)21-13-11-19-7-5-14(13)22-10-8-20-12-22/h1-5,7-8,10-12H,6,9H2,(H,21,24). The number of pyridine rings is 1. The van der Waals surface area contributed by atoms with Gasteiger partial charge in [0.15, 0.2) is 5.58 Å². The monoisotopic (exact) mass is 349 g/mol. The van der Waals surface area contributed by atoms with Gasteiger partial charge in [0.05, 0.1) is 29.4 Å². The number of para-hydroxylation sites is 2. The van der Waals surface area contributed by atoms with Crippen molar-refractivity contribution in [3.8, 4) is 5.69 Å². The highest BCUT2D eigenvalue weighted by Gasteiger charge is 2.12. The highest BCUT2D eigenvalue weighted by molar-refractivity contribution is 5.92. The highest BCUT2D eigenvalue weighted by Crippen LogP contribution is 2.18. The molecular weight excluding hydrogens is 334 g/mol. The molecule has 0 aliphatic carbocycles. The molecule has 0 aliphatic heterocycles. The molecule has 26 heavy (non-hydrogen) atoms. The number of amides is 1. The Bertz CT molecular complexity index is 1110. The highest BCUT2D eigenvalue weighted by atomic mass is 16.4. The summed E-state index contributed by atoms with van der Waals surface area (Å²) in [6.07, 6.45) is 8.42. The first-order chi connectivity index (χ1) is 12.7. The number of carbonyl (C=O) groups excluding carboxylic acids is 1. The van der Waals surface area contributed by atoms with E-state index in [4.69, 9.17) is 4.42 Å². The van der Waals surface area contributed by atoms with Gasteiger partial charge in [-0.25, -0.2) is 9.78 Å². The molecule has 1 amide bonds. The van der Waals surface area contributed by atoms with Crippen molar-refractivity contribution in [1.82, 2.24) is 19.1 Å². The molecule has 0 spiro atoms. The number of nitrogens with zero attached hydrogens (tertiary/aromatic N) is 4. The summed E-state index contributed by atoms with van der Waals surface area (Å²) in [4.78, 5) is 32.4. The molecule has 0 radical (unpaired) electrons. The molecule has 0 atom stereocenters. The van der Waals surface area contributed by atoms with Crippen LogP contribution in [0.5, 0.6) is 0 Å². The van der Waals surface area contributed by atoms with E-state index in [-0.39, 0.29) is 18.9 Å². The lowest BCUT2D eigenvalue weighted by atomic mass is 10.3. The van der Waals surface area contributed by atoms with Crippen molar-refractivity contribution in [3.63, 3.8) is 0 Å². The minimum Gasteiger partial charge on any atom is -0.408 e. The molecular formula is C18H15N5O3. The number of carbonyl (C=O) groups is 1. The van der Waals surface area contributed by atoms with Crippen molar-refractivity contribution in [2.45, 2.75) is 13.0 Å². The third-order valence-electron chi connectivity index (χ3n) is 3.99.